The number of allylic oxidation sites excluding steroid dienone is 5. The molecule has 0 aromatic heterocycles. The summed E-state index contributed by atoms with van der Waals surface area (Å²) >= 11 is 1.26. The van der Waals surface area contributed by atoms with E-state index in [0.29, 0.717) is 12.2 Å². The number of hydrogen-bond donors (Lipinski definition) is 1. The van der Waals surface area contributed by atoms with E-state index < -0.39 is 0 Å². The van der Waals surface area contributed by atoms with Crippen LogP contribution in [0.1, 0.15) is 12.8 Å². The van der Waals surface area contributed by atoms with Gasteiger partial charge >= 0.3 is 0 Å². The van der Waals surface area contributed by atoms with Crippen molar-refractivity contribution in [2.45, 2.75) is 12.8 Å². The summed E-state index contributed by atoms with van der Waals surface area (Å²) in [4.78, 5) is 0. The van der Waals surface area contributed by atoms with Gasteiger partial charge in [-0.3, -0.25) is 0 Å². The summed E-state index contributed by atoms with van der Waals surface area (Å²) in [6, 6.07) is 0. The van der Waals surface area contributed by atoms with Gasteiger partial charge in [0.05, 0.1) is 5.76 Å². The lowest BCUT2D eigenvalue weighted by Gasteiger charge is -1.95. The molecule has 0 spiro atoms. The number of hydrogen-bond acceptors (Lipinski definition) is 3. The highest BCUT2D eigenvalue weighted by Gasteiger charge is 1.97. The number of thiocyanates is 1. The van der Waals surface area contributed by atoms with Gasteiger partial charge in [-0.05, 0) is 29.8 Å². The van der Waals surface area contributed by atoms with Crippen LogP contribution in [0.3, 0.4) is 0 Å². The first kappa shape index (κ1) is 9.94. The average Bonchev–Trinajstić information content (AvgIpc) is 2.32. The maximum absolute atomic E-state index is 9.19. The topological polar surface area (TPSA) is 44.0 Å². The Morgan fingerprint density at radius 2 is 2.38 bits per heavy atom. The molecule has 0 aliphatic heterocycles. The molecular formula is C10H11NOS. The van der Waals surface area contributed by atoms with Crippen molar-refractivity contribution < 1.29 is 5.11 Å². The number of aliphatic hydroxyl groups excluding tert-OH is 1. The Balaban J connectivity index is 2.46. The van der Waals surface area contributed by atoms with E-state index in [2.05, 4.69) is 0 Å². The molecule has 0 radical (unpaired) electrons. The maximum Gasteiger partial charge on any atom is 0.133 e. The molecule has 1 N–H and O–H groups in total. The molecule has 13 heavy (non-hydrogen) atoms. The van der Waals surface area contributed by atoms with Gasteiger partial charge in [-0.2, -0.15) is 5.26 Å². The highest BCUT2D eigenvalue weighted by Crippen LogP contribution is 2.14. The van der Waals surface area contributed by atoms with Crippen LogP contribution in [0.2, 0.25) is 0 Å². The first-order chi connectivity index (χ1) is 6.33. The smallest absolute Gasteiger partial charge is 0.133 e. The molecule has 0 fully saturated rings. The third-order valence-corrected chi connectivity index (χ3v) is 2.24. The molecular weight excluding hydrogens is 182 g/mol. The molecule has 0 saturated carbocycles. The normalized spacial score (nSPS) is 15.6. The molecule has 0 aromatic carbocycles. The molecule has 3 heteroatoms. The summed E-state index contributed by atoms with van der Waals surface area (Å²) in [5.41, 5.74) is 1.16. The minimum atomic E-state index is 0.388. The molecule has 2 nitrogen and oxygen atoms in total. The minimum absolute atomic E-state index is 0.388. The molecule has 0 heterocycles. The number of nitrogens with zero attached hydrogens (tertiary/aromatic N) is 1. The largest absolute Gasteiger partial charge is 0.512 e. The van der Waals surface area contributed by atoms with Crippen LogP contribution in [-0.2, 0) is 0 Å². The summed E-state index contributed by atoms with van der Waals surface area (Å²) in [6.45, 7) is 0. The number of nitriles is 1. The Morgan fingerprint density at radius 3 is 3.15 bits per heavy atom. The maximum atomic E-state index is 9.19. The van der Waals surface area contributed by atoms with E-state index in [4.69, 9.17) is 5.26 Å². The average molecular weight is 193 g/mol. The van der Waals surface area contributed by atoms with Crippen molar-refractivity contribution >= 4 is 11.8 Å². The van der Waals surface area contributed by atoms with E-state index >= 15 is 0 Å². The molecule has 68 valence electrons. The van der Waals surface area contributed by atoms with E-state index in [0.717, 1.165) is 17.7 Å². The standard InChI is InChI=1S/C10H11NOS/c11-8-13-7-6-9-2-1-3-10(12)5-4-9/h1-2,4-5,12H,3,6-7H2. The molecule has 0 saturated heterocycles. The number of thioether (sulfide) groups is 1. The highest BCUT2D eigenvalue weighted by molar-refractivity contribution is 8.03. The second-order valence-electron chi connectivity index (χ2n) is 2.70. The van der Waals surface area contributed by atoms with Crippen molar-refractivity contribution in [2.75, 3.05) is 5.75 Å². The molecule has 0 amide bonds. The SMILES string of the molecule is N#CSCCC1=CC=C(O)CC=C1. The lowest BCUT2D eigenvalue weighted by atomic mass is 10.2. The minimum Gasteiger partial charge on any atom is -0.512 e. The Labute approximate surface area is 82.3 Å². The predicted octanol–water partition coefficient (Wildman–Crippen LogP) is 2.92. The van der Waals surface area contributed by atoms with Crippen molar-refractivity contribution in [2.24, 2.45) is 0 Å². The van der Waals surface area contributed by atoms with Crippen molar-refractivity contribution in [3.8, 4) is 5.40 Å². The summed E-state index contributed by atoms with van der Waals surface area (Å²) in [5.74, 6) is 1.19. The first-order valence-electron chi connectivity index (χ1n) is 4.09. The molecule has 0 unspecified atom stereocenters. The van der Waals surface area contributed by atoms with Crippen LogP contribution in [0.5, 0.6) is 0 Å². The zero-order valence-corrected chi connectivity index (χ0v) is 8.05. The molecule has 1 aliphatic rings. The summed E-state index contributed by atoms with van der Waals surface area (Å²) in [6.07, 6.45) is 9.02. The lowest BCUT2D eigenvalue weighted by molar-refractivity contribution is 0.402. The van der Waals surface area contributed by atoms with E-state index in [-0.39, 0.29) is 0 Å². The Bertz CT molecular complexity index is 297. The van der Waals surface area contributed by atoms with Crippen LogP contribution in [0.15, 0.2) is 35.6 Å². The third kappa shape index (κ3) is 3.86. The second kappa shape index (κ2) is 5.50. The van der Waals surface area contributed by atoms with Crippen LogP contribution in [0.4, 0.5) is 0 Å². The number of rotatable bonds is 3. The van der Waals surface area contributed by atoms with E-state index in [1.165, 1.54) is 11.8 Å². The summed E-state index contributed by atoms with van der Waals surface area (Å²) < 4.78 is 0. The quantitative estimate of drug-likeness (QED) is 0.553. The third-order valence-electron chi connectivity index (χ3n) is 1.71. The van der Waals surface area contributed by atoms with E-state index in [1.54, 1.807) is 6.08 Å². The number of aliphatic hydroxyl groups is 1. The molecule has 1 aliphatic carbocycles. The molecule has 0 atom stereocenters. The van der Waals surface area contributed by atoms with Gasteiger partial charge in [0.1, 0.15) is 5.40 Å². The fourth-order valence-corrected chi connectivity index (χ4v) is 1.47. The summed E-state index contributed by atoms with van der Waals surface area (Å²) in [7, 11) is 0. The lowest BCUT2D eigenvalue weighted by Crippen LogP contribution is -1.80. The van der Waals surface area contributed by atoms with Crippen LogP contribution in [-0.4, -0.2) is 10.9 Å². The predicted molar refractivity (Wildman–Crippen MR) is 55.2 cm³/mol. The molecule has 0 bridgehead atoms. The fourth-order valence-electron chi connectivity index (χ4n) is 1.04. The van der Waals surface area contributed by atoms with Crippen LogP contribution >= 0.6 is 11.8 Å². The van der Waals surface area contributed by atoms with Gasteiger partial charge in [0.2, 0.25) is 0 Å². The zero-order valence-electron chi connectivity index (χ0n) is 7.23. The highest BCUT2D eigenvalue weighted by atomic mass is 32.2. The first-order valence-corrected chi connectivity index (χ1v) is 5.07. The summed E-state index contributed by atoms with van der Waals surface area (Å²) in [5, 5.41) is 19.5. The van der Waals surface area contributed by atoms with E-state index in [9.17, 15) is 5.11 Å². The van der Waals surface area contributed by atoms with Crippen molar-refractivity contribution in [3.63, 3.8) is 0 Å². The monoisotopic (exact) mass is 193 g/mol. The fraction of sp³-hybridized carbons (Fsp3) is 0.300. The van der Waals surface area contributed by atoms with Gasteiger partial charge in [0, 0.05) is 12.2 Å². The van der Waals surface area contributed by atoms with Gasteiger partial charge in [0.25, 0.3) is 0 Å². The Kier molecular flexibility index (Phi) is 4.20. The van der Waals surface area contributed by atoms with E-state index in [1.807, 2.05) is 23.6 Å². The molecule has 1 rings (SSSR count). The Morgan fingerprint density at radius 1 is 1.54 bits per heavy atom. The van der Waals surface area contributed by atoms with Gasteiger partial charge < -0.3 is 5.11 Å². The molecule has 0 aromatic rings. The van der Waals surface area contributed by atoms with Crippen molar-refractivity contribution in [3.05, 3.63) is 35.6 Å². The van der Waals surface area contributed by atoms with Gasteiger partial charge in [-0.1, -0.05) is 18.2 Å². The van der Waals surface area contributed by atoms with Crippen molar-refractivity contribution in [1.82, 2.24) is 0 Å². The van der Waals surface area contributed by atoms with Gasteiger partial charge in [0.15, 0.2) is 0 Å². The van der Waals surface area contributed by atoms with Gasteiger partial charge in [-0.15, -0.1) is 0 Å². The van der Waals surface area contributed by atoms with Crippen molar-refractivity contribution in [1.29, 1.82) is 5.26 Å². The second-order valence-corrected chi connectivity index (χ2v) is 3.58. The van der Waals surface area contributed by atoms with Crippen LogP contribution < -0.4 is 0 Å². The van der Waals surface area contributed by atoms with Crippen LogP contribution in [0, 0.1) is 10.7 Å². The Hall–Kier alpha value is -1.14. The van der Waals surface area contributed by atoms with Gasteiger partial charge in [-0.25, -0.2) is 0 Å². The zero-order chi connectivity index (χ0) is 9.52. The van der Waals surface area contributed by atoms with Crippen LogP contribution in [0.25, 0.3) is 0 Å².